The lowest BCUT2D eigenvalue weighted by Crippen LogP contribution is -2.52. The smallest absolute Gasteiger partial charge is 0.262 e. The molecule has 0 radical (unpaired) electrons. The molecule has 2 spiro atoms. The van der Waals surface area contributed by atoms with Crippen molar-refractivity contribution in [2.24, 2.45) is 16.1 Å². The predicted molar refractivity (Wildman–Crippen MR) is 137 cm³/mol. The highest BCUT2D eigenvalue weighted by Gasteiger charge is 2.66. The second kappa shape index (κ2) is 7.84. The zero-order valence-electron chi connectivity index (χ0n) is 20.6. The molecule has 2 aromatic carbocycles. The fraction of sp³-hybridized carbons (Fsp3) is 0.448. The molecule has 1 atom stereocenters. The molecule has 2 heterocycles. The highest BCUT2D eigenvalue weighted by molar-refractivity contribution is 6.08. The average Bonchev–Trinajstić information content (AvgIpc) is 3.68. The highest BCUT2D eigenvalue weighted by Crippen LogP contribution is 2.62. The molecule has 36 heavy (non-hydrogen) atoms. The molecule has 3 aliphatic carbocycles. The minimum atomic E-state index is -0.972. The number of ether oxygens (including phenoxy) is 1. The molecule has 7 rings (SSSR count). The number of nitrogens with two attached hydrogens (primary N) is 1. The number of guanidine groups is 1. The van der Waals surface area contributed by atoms with E-state index in [2.05, 4.69) is 23.2 Å². The predicted octanol–water partition coefficient (Wildman–Crippen LogP) is 4.19. The molecule has 0 saturated heterocycles. The van der Waals surface area contributed by atoms with Crippen LogP contribution in [0.15, 0.2) is 53.7 Å². The fourth-order valence-corrected chi connectivity index (χ4v) is 6.94. The summed E-state index contributed by atoms with van der Waals surface area (Å²) in [4.78, 5) is 30.6. The number of aliphatic imine (C=N–C) groups is 1. The lowest BCUT2D eigenvalue weighted by Gasteiger charge is -2.45. The van der Waals surface area contributed by atoms with Gasteiger partial charge in [-0.25, -0.2) is 9.98 Å². The third-order valence-corrected chi connectivity index (χ3v) is 9.02. The van der Waals surface area contributed by atoms with Crippen molar-refractivity contribution < 1.29 is 9.53 Å². The van der Waals surface area contributed by atoms with E-state index in [0.717, 1.165) is 48.7 Å². The van der Waals surface area contributed by atoms with E-state index >= 15 is 0 Å². The van der Waals surface area contributed by atoms with Gasteiger partial charge < -0.3 is 10.5 Å². The Labute approximate surface area is 210 Å². The molecule has 184 valence electrons. The molecule has 0 bridgehead atoms. The van der Waals surface area contributed by atoms with Gasteiger partial charge in [-0.05, 0) is 79.7 Å². The Kier molecular flexibility index (Phi) is 4.77. The quantitative estimate of drug-likeness (QED) is 0.603. The Morgan fingerprint density at radius 2 is 1.86 bits per heavy atom. The van der Waals surface area contributed by atoms with Crippen molar-refractivity contribution >= 4 is 22.9 Å². The van der Waals surface area contributed by atoms with Crippen LogP contribution in [0.1, 0.15) is 66.8 Å². The SMILES string of the molecule is COC1CCC2(CC1)Cc1ccc(C3CC3)cc1C21N=C(N)N(Cc2cnc3ccccc3n2)C1=O. The summed E-state index contributed by atoms with van der Waals surface area (Å²) in [5.74, 6) is 0.875. The number of hydrogen-bond donors (Lipinski definition) is 1. The van der Waals surface area contributed by atoms with Crippen LogP contribution in [0.3, 0.4) is 0 Å². The molecule has 1 unspecified atom stereocenters. The number of benzene rings is 2. The zero-order chi connectivity index (χ0) is 24.5. The Bertz CT molecular complexity index is 1410. The zero-order valence-corrected chi connectivity index (χ0v) is 20.6. The lowest BCUT2D eigenvalue weighted by atomic mass is 9.61. The average molecular weight is 482 g/mol. The number of para-hydroxylation sites is 2. The van der Waals surface area contributed by atoms with Crippen LogP contribution in [0.2, 0.25) is 0 Å². The number of rotatable bonds is 4. The number of aromatic nitrogens is 2. The first-order valence-corrected chi connectivity index (χ1v) is 13.1. The Hall–Kier alpha value is -3.32. The molecule has 4 aliphatic rings. The summed E-state index contributed by atoms with van der Waals surface area (Å²) < 4.78 is 5.69. The molecule has 3 aromatic rings. The largest absolute Gasteiger partial charge is 0.381 e. The van der Waals surface area contributed by atoms with Gasteiger partial charge in [-0.2, -0.15) is 0 Å². The molecule has 2 N–H and O–H groups in total. The molecular formula is C29H31N5O2. The topological polar surface area (TPSA) is 93.7 Å². The van der Waals surface area contributed by atoms with Gasteiger partial charge in [-0.15, -0.1) is 0 Å². The van der Waals surface area contributed by atoms with Crippen LogP contribution in [0, 0.1) is 5.41 Å². The van der Waals surface area contributed by atoms with Gasteiger partial charge in [0.05, 0.1) is 35.6 Å². The summed E-state index contributed by atoms with van der Waals surface area (Å²) >= 11 is 0. The van der Waals surface area contributed by atoms with Crippen molar-refractivity contribution in [3.8, 4) is 0 Å². The maximum Gasteiger partial charge on any atom is 0.262 e. The standard InChI is InChI=1S/C29H31N5O2/c1-36-22-10-12-28(13-11-22)15-20-9-8-19(18-6-7-18)14-23(20)29(28)26(35)34(27(30)33-29)17-21-16-31-24-4-2-3-5-25(24)32-21/h2-5,8-9,14,16,18,22H,6-7,10-13,15,17H2,1H3,(H2,30,33). The first-order chi connectivity index (χ1) is 17.5. The second-order valence-electron chi connectivity index (χ2n) is 11.0. The van der Waals surface area contributed by atoms with Gasteiger partial charge in [0.15, 0.2) is 11.5 Å². The van der Waals surface area contributed by atoms with Crippen molar-refractivity contribution in [1.29, 1.82) is 0 Å². The van der Waals surface area contributed by atoms with E-state index in [1.165, 1.54) is 24.0 Å². The van der Waals surface area contributed by atoms with E-state index in [0.29, 0.717) is 11.6 Å². The summed E-state index contributed by atoms with van der Waals surface area (Å²) in [6, 6.07) is 14.5. The van der Waals surface area contributed by atoms with Crippen LogP contribution in [0.25, 0.3) is 11.0 Å². The van der Waals surface area contributed by atoms with Crippen LogP contribution < -0.4 is 5.73 Å². The fourth-order valence-electron chi connectivity index (χ4n) is 6.94. The number of carbonyl (C=O) groups excluding carboxylic acids is 1. The monoisotopic (exact) mass is 481 g/mol. The number of carbonyl (C=O) groups is 1. The van der Waals surface area contributed by atoms with Gasteiger partial charge >= 0.3 is 0 Å². The number of nitrogens with zero attached hydrogens (tertiary/aromatic N) is 4. The van der Waals surface area contributed by atoms with Gasteiger partial charge in [0.1, 0.15) is 0 Å². The summed E-state index contributed by atoms with van der Waals surface area (Å²) in [6.45, 7) is 0.266. The molecule has 1 aromatic heterocycles. The number of hydrogen-bond acceptors (Lipinski definition) is 6. The first kappa shape index (κ1) is 21.9. The van der Waals surface area contributed by atoms with Crippen molar-refractivity contribution in [2.45, 2.75) is 69.1 Å². The summed E-state index contributed by atoms with van der Waals surface area (Å²) in [7, 11) is 1.78. The van der Waals surface area contributed by atoms with Crippen LogP contribution >= 0.6 is 0 Å². The third-order valence-electron chi connectivity index (χ3n) is 9.02. The molecule has 7 nitrogen and oxygen atoms in total. The lowest BCUT2D eigenvalue weighted by molar-refractivity contribution is -0.138. The molecular weight excluding hydrogens is 450 g/mol. The Morgan fingerprint density at radius 1 is 1.08 bits per heavy atom. The van der Waals surface area contributed by atoms with Crippen molar-refractivity contribution in [1.82, 2.24) is 14.9 Å². The van der Waals surface area contributed by atoms with Crippen LogP contribution in [0.4, 0.5) is 0 Å². The molecule has 7 heteroatoms. The maximum absolute atomic E-state index is 14.5. The van der Waals surface area contributed by atoms with Crippen LogP contribution in [0.5, 0.6) is 0 Å². The van der Waals surface area contributed by atoms with E-state index in [-0.39, 0.29) is 29.9 Å². The van der Waals surface area contributed by atoms with Crippen molar-refractivity contribution in [2.75, 3.05) is 7.11 Å². The minimum Gasteiger partial charge on any atom is -0.381 e. The molecule has 2 fully saturated rings. The number of amides is 1. The summed E-state index contributed by atoms with van der Waals surface area (Å²) in [5, 5.41) is 0. The van der Waals surface area contributed by atoms with Gasteiger partial charge in [-0.3, -0.25) is 14.7 Å². The van der Waals surface area contributed by atoms with Crippen LogP contribution in [-0.2, 0) is 28.0 Å². The second-order valence-corrected chi connectivity index (χ2v) is 11.0. The minimum absolute atomic E-state index is 0.0162. The Balaban J connectivity index is 1.30. The molecule has 1 amide bonds. The summed E-state index contributed by atoms with van der Waals surface area (Å²) in [5.41, 5.74) is 11.3. The van der Waals surface area contributed by atoms with Crippen molar-refractivity contribution in [3.63, 3.8) is 0 Å². The van der Waals surface area contributed by atoms with Gasteiger partial charge in [-0.1, -0.05) is 30.3 Å². The van der Waals surface area contributed by atoms with E-state index in [1.54, 1.807) is 18.2 Å². The van der Waals surface area contributed by atoms with Gasteiger partial charge in [0.25, 0.3) is 5.91 Å². The Morgan fingerprint density at radius 3 is 2.61 bits per heavy atom. The van der Waals surface area contributed by atoms with E-state index in [1.807, 2.05) is 24.3 Å². The highest BCUT2D eigenvalue weighted by atomic mass is 16.5. The first-order valence-electron chi connectivity index (χ1n) is 13.1. The van der Waals surface area contributed by atoms with E-state index < -0.39 is 5.54 Å². The maximum atomic E-state index is 14.5. The van der Waals surface area contributed by atoms with E-state index in [9.17, 15) is 4.79 Å². The van der Waals surface area contributed by atoms with E-state index in [4.69, 9.17) is 20.4 Å². The van der Waals surface area contributed by atoms with Crippen molar-refractivity contribution in [3.05, 3.63) is 71.0 Å². The van der Waals surface area contributed by atoms with Gasteiger partial charge in [0.2, 0.25) is 0 Å². The summed E-state index contributed by atoms with van der Waals surface area (Å²) in [6.07, 6.45) is 8.92. The van der Waals surface area contributed by atoms with Crippen LogP contribution in [-0.4, -0.2) is 39.9 Å². The normalized spacial score (nSPS) is 29.4. The van der Waals surface area contributed by atoms with Gasteiger partial charge in [0, 0.05) is 12.5 Å². The third kappa shape index (κ3) is 3.08. The molecule has 2 saturated carbocycles. The molecule has 1 aliphatic heterocycles. The number of fused-ring (bicyclic) bond motifs is 4. The number of methoxy groups -OCH3 is 1.